The molecular weight excluding hydrogens is 385 g/mol. The summed E-state index contributed by atoms with van der Waals surface area (Å²) in [4.78, 5) is 24.2. The van der Waals surface area contributed by atoms with Crippen molar-refractivity contribution in [3.8, 4) is 0 Å². The second kappa shape index (κ2) is 6.10. The number of carbonyl (C=O) groups is 2. The average Bonchev–Trinajstić information content (AvgIpc) is 3.32. The molecule has 1 aliphatic carbocycles. The van der Waals surface area contributed by atoms with E-state index < -0.39 is 65.0 Å². The highest BCUT2D eigenvalue weighted by atomic mass is 19.4. The van der Waals surface area contributed by atoms with Gasteiger partial charge in [-0.15, -0.1) is 0 Å². The standard InChI is InChI=1S/C16H13F7N2O2/c17-10-7(2-1-3-8(10)15(18,19)20)6-9-12(26)25-11(13(27)24-9)14(4-5-14)16(21,22)23/h1-3,9,11H,4-6H2,(H,24,27)(H,25,26). The van der Waals surface area contributed by atoms with Gasteiger partial charge in [0, 0.05) is 6.42 Å². The van der Waals surface area contributed by atoms with E-state index in [1.54, 1.807) is 0 Å². The van der Waals surface area contributed by atoms with Gasteiger partial charge in [-0.05, 0) is 24.5 Å². The third-order valence-corrected chi connectivity index (χ3v) is 4.90. The molecule has 0 aromatic heterocycles. The van der Waals surface area contributed by atoms with Crippen LogP contribution in [-0.4, -0.2) is 30.1 Å². The molecule has 0 radical (unpaired) electrons. The van der Waals surface area contributed by atoms with Crippen molar-refractivity contribution in [2.75, 3.05) is 0 Å². The summed E-state index contributed by atoms with van der Waals surface area (Å²) in [5.74, 6) is -3.70. The number of rotatable bonds is 3. The molecule has 1 aromatic carbocycles. The third kappa shape index (κ3) is 3.34. The van der Waals surface area contributed by atoms with Crippen molar-refractivity contribution >= 4 is 11.8 Å². The minimum Gasteiger partial charge on any atom is -0.342 e. The van der Waals surface area contributed by atoms with E-state index in [-0.39, 0.29) is 12.8 Å². The highest BCUT2D eigenvalue weighted by molar-refractivity contribution is 5.98. The predicted octanol–water partition coefficient (Wildman–Crippen LogP) is 2.71. The van der Waals surface area contributed by atoms with Crippen LogP contribution in [0.5, 0.6) is 0 Å². The van der Waals surface area contributed by atoms with Gasteiger partial charge in [0.05, 0.1) is 11.0 Å². The monoisotopic (exact) mass is 398 g/mol. The Balaban J connectivity index is 1.78. The number of alkyl halides is 6. The first-order valence-electron chi connectivity index (χ1n) is 7.89. The molecule has 1 saturated carbocycles. The molecule has 0 spiro atoms. The molecule has 27 heavy (non-hydrogen) atoms. The SMILES string of the molecule is O=C1NC(C2(C(F)(F)F)CC2)C(=O)NC1Cc1cccc(C(F)(F)F)c1F. The lowest BCUT2D eigenvalue weighted by molar-refractivity contribution is -0.199. The van der Waals surface area contributed by atoms with Gasteiger partial charge >= 0.3 is 12.4 Å². The van der Waals surface area contributed by atoms with Gasteiger partial charge in [0.2, 0.25) is 11.8 Å². The van der Waals surface area contributed by atoms with Crippen LogP contribution in [0.3, 0.4) is 0 Å². The van der Waals surface area contributed by atoms with Gasteiger partial charge in [-0.2, -0.15) is 26.3 Å². The third-order valence-electron chi connectivity index (χ3n) is 4.90. The van der Waals surface area contributed by atoms with Crippen molar-refractivity contribution in [3.05, 3.63) is 35.1 Å². The minimum atomic E-state index is -4.95. The van der Waals surface area contributed by atoms with Crippen molar-refractivity contribution in [2.24, 2.45) is 5.41 Å². The van der Waals surface area contributed by atoms with E-state index in [9.17, 15) is 40.3 Å². The van der Waals surface area contributed by atoms with Gasteiger partial charge in [0.15, 0.2) is 0 Å². The average molecular weight is 398 g/mol. The topological polar surface area (TPSA) is 58.2 Å². The Morgan fingerprint density at radius 1 is 1.00 bits per heavy atom. The zero-order valence-corrected chi connectivity index (χ0v) is 13.5. The molecule has 11 heteroatoms. The smallest absolute Gasteiger partial charge is 0.342 e. The molecule has 1 aromatic rings. The fraction of sp³-hybridized carbons (Fsp3) is 0.500. The fourth-order valence-electron chi connectivity index (χ4n) is 3.21. The Morgan fingerprint density at radius 2 is 1.63 bits per heavy atom. The van der Waals surface area contributed by atoms with Crippen LogP contribution in [0.1, 0.15) is 24.0 Å². The summed E-state index contributed by atoms with van der Waals surface area (Å²) in [7, 11) is 0. The van der Waals surface area contributed by atoms with Gasteiger partial charge in [-0.3, -0.25) is 9.59 Å². The van der Waals surface area contributed by atoms with Gasteiger partial charge in [0.25, 0.3) is 0 Å². The number of nitrogens with one attached hydrogen (secondary N) is 2. The number of halogens is 7. The molecule has 0 bridgehead atoms. The van der Waals surface area contributed by atoms with Crippen molar-refractivity contribution in [1.29, 1.82) is 0 Å². The molecule has 2 N–H and O–H groups in total. The van der Waals surface area contributed by atoms with Crippen molar-refractivity contribution in [1.82, 2.24) is 10.6 Å². The molecule has 2 fully saturated rings. The Kier molecular flexibility index (Phi) is 4.39. The highest BCUT2D eigenvalue weighted by Gasteiger charge is 2.70. The number of piperazine rings is 1. The number of hydrogen-bond acceptors (Lipinski definition) is 2. The zero-order valence-electron chi connectivity index (χ0n) is 13.5. The summed E-state index contributed by atoms with van der Waals surface area (Å²) < 4.78 is 91.8. The summed E-state index contributed by atoms with van der Waals surface area (Å²) in [6.45, 7) is 0. The number of hydrogen-bond donors (Lipinski definition) is 2. The van der Waals surface area contributed by atoms with Gasteiger partial charge < -0.3 is 10.6 Å². The number of benzene rings is 1. The van der Waals surface area contributed by atoms with Gasteiger partial charge in [-0.25, -0.2) is 4.39 Å². The Labute approximate surface area is 148 Å². The molecule has 1 heterocycles. The summed E-state index contributed by atoms with van der Waals surface area (Å²) in [6.07, 6.45) is -10.9. The maximum atomic E-state index is 14.1. The molecular formula is C16H13F7N2O2. The van der Waals surface area contributed by atoms with Crippen molar-refractivity contribution < 1.29 is 40.3 Å². The van der Waals surface area contributed by atoms with Crippen LogP contribution in [0.15, 0.2) is 18.2 Å². The molecule has 2 atom stereocenters. The predicted molar refractivity (Wildman–Crippen MR) is 76.7 cm³/mol. The van der Waals surface area contributed by atoms with Crippen LogP contribution in [0, 0.1) is 11.2 Å². The summed E-state index contributed by atoms with van der Waals surface area (Å²) in [5.41, 5.74) is -4.35. The van der Waals surface area contributed by atoms with Crippen LogP contribution in [0.2, 0.25) is 0 Å². The zero-order chi connectivity index (χ0) is 20.2. The van der Waals surface area contributed by atoms with E-state index in [4.69, 9.17) is 0 Å². The first-order valence-corrected chi connectivity index (χ1v) is 7.89. The van der Waals surface area contributed by atoms with E-state index >= 15 is 0 Å². The number of carbonyl (C=O) groups excluding carboxylic acids is 2. The van der Waals surface area contributed by atoms with E-state index in [0.29, 0.717) is 6.07 Å². The molecule has 1 saturated heterocycles. The second-order valence-corrected chi connectivity index (χ2v) is 6.64. The molecule has 2 amide bonds. The fourth-order valence-corrected chi connectivity index (χ4v) is 3.21. The molecule has 1 aliphatic heterocycles. The lowest BCUT2D eigenvalue weighted by atomic mass is 9.91. The molecule has 4 nitrogen and oxygen atoms in total. The second-order valence-electron chi connectivity index (χ2n) is 6.64. The van der Waals surface area contributed by atoms with E-state index in [1.807, 2.05) is 5.32 Å². The maximum Gasteiger partial charge on any atom is 0.419 e. The van der Waals surface area contributed by atoms with Gasteiger partial charge in [-0.1, -0.05) is 12.1 Å². The lowest BCUT2D eigenvalue weighted by Gasteiger charge is -2.35. The first kappa shape index (κ1) is 19.4. The highest BCUT2D eigenvalue weighted by Crippen LogP contribution is 2.60. The molecule has 148 valence electrons. The Morgan fingerprint density at radius 3 is 2.15 bits per heavy atom. The van der Waals surface area contributed by atoms with Crippen molar-refractivity contribution in [3.63, 3.8) is 0 Å². The summed E-state index contributed by atoms with van der Waals surface area (Å²) >= 11 is 0. The van der Waals surface area contributed by atoms with Crippen LogP contribution in [-0.2, 0) is 22.2 Å². The minimum absolute atomic E-state index is 0.318. The van der Waals surface area contributed by atoms with E-state index in [0.717, 1.165) is 12.1 Å². The maximum absolute atomic E-state index is 14.1. The molecule has 2 aliphatic rings. The molecule has 2 unspecified atom stereocenters. The summed E-state index contributed by atoms with van der Waals surface area (Å²) in [6, 6.07) is -0.818. The number of amides is 2. The van der Waals surface area contributed by atoms with Crippen LogP contribution >= 0.6 is 0 Å². The van der Waals surface area contributed by atoms with Crippen LogP contribution in [0.4, 0.5) is 30.7 Å². The Bertz CT molecular complexity index is 784. The summed E-state index contributed by atoms with van der Waals surface area (Å²) in [5, 5.41) is 4.06. The van der Waals surface area contributed by atoms with E-state index in [2.05, 4.69) is 5.32 Å². The lowest BCUT2D eigenvalue weighted by Crippen LogP contribution is -2.66. The van der Waals surface area contributed by atoms with Crippen LogP contribution in [0.25, 0.3) is 0 Å². The van der Waals surface area contributed by atoms with E-state index in [1.165, 1.54) is 0 Å². The normalized spacial score (nSPS) is 25.0. The first-order chi connectivity index (χ1) is 12.4. The Hall–Kier alpha value is -2.33. The van der Waals surface area contributed by atoms with Crippen LogP contribution < -0.4 is 10.6 Å². The quantitative estimate of drug-likeness (QED) is 0.770. The largest absolute Gasteiger partial charge is 0.419 e. The molecule has 3 rings (SSSR count). The van der Waals surface area contributed by atoms with Gasteiger partial charge in [0.1, 0.15) is 17.9 Å². The van der Waals surface area contributed by atoms with Crippen molar-refractivity contribution in [2.45, 2.75) is 43.7 Å².